The summed E-state index contributed by atoms with van der Waals surface area (Å²) >= 11 is 0. The number of guanidine groups is 1. The molecule has 3 unspecified atom stereocenters. The lowest BCUT2D eigenvalue weighted by Crippen LogP contribution is -2.47. The normalized spacial score (nSPS) is 24.6. The predicted molar refractivity (Wildman–Crippen MR) is 109 cm³/mol. The van der Waals surface area contributed by atoms with E-state index >= 15 is 0 Å². The van der Waals surface area contributed by atoms with Gasteiger partial charge in [0.25, 0.3) is 5.91 Å². The summed E-state index contributed by atoms with van der Waals surface area (Å²) in [6.45, 7) is 3.16. The van der Waals surface area contributed by atoms with E-state index in [2.05, 4.69) is 20.9 Å². The standard InChI is InChI=1S/C18H26N4O2.HI/c1-3-20-17(23)13-6-4-5-12(9-13)11-21-18(19-2)22-15-10-14-7-8-16(15)24-14;/h4-6,9,14-16H,3,7-8,10-11H2,1-2H3,(H,20,23)(H2,19,21,22);1H. The molecule has 1 aromatic rings. The topological polar surface area (TPSA) is 74.8 Å². The zero-order valence-corrected chi connectivity index (χ0v) is 17.1. The van der Waals surface area contributed by atoms with Crippen molar-refractivity contribution in [3.63, 3.8) is 0 Å². The quantitative estimate of drug-likeness (QED) is 0.359. The molecular formula is C18H27IN4O2. The van der Waals surface area contributed by atoms with Gasteiger partial charge in [-0.2, -0.15) is 0 Å². The Hall–Kier alpha value is -1.35. The molecule has 1 amide bonds. The molecule has 2 heterocycles. The van der Waals surface area contributed by atoms with E-state index < -0.39 is 0 Å². The molecule has 3 atom stereocenters. The van der Waals surface area contributed by atoms with Crippen LogP contribution < -0.4 is 16.0 Å². The fourth-order valence-electron chi connectivity index (χ4n) is 3.43. The molecule has 0 saturated carbocycles. The van der Waals surface area contributed by atoms with Crippen molar-refractivity contribution in [3.8, 4) is 0 Å². The van der Waals surface area contributed by atoms with Gasteiger partial charge in [-0.1, -0.05) is 12.1 Å². The number of hydrogen-bond acceptors (Lipinski definition) is 3. The van der Waals surface area contributed by atoms with E-state index in [0.717, 1.165) is 24.4 Å². The second kappa shape index (κ2) is 9.38. The van der Waals surface area contributed by atoms with Crippen molar-refractivity contribution in [2.75, 3.05) is 13.6 Å². The Morgan fingerprint density at radius 2 is 2.16 bits per heavy atom. The van der Waals surface area contributed by atoms with E-state index in [-0.39, 0.29) is 29.9 Å². The largest absolute Gasteiger partial charge is 0.373 e. The van der Waals surface area contributed by atoms with Gasteiger partial charge < -0.3 is 20.7 Å². The maximum absolute atomic E-state index is 11.9. The number of ether oxygens (including phenoxy) is 1. The molecule has 0 spiro atoms. The molecular weight excluding hydrogens is 431 g/mol. The number of nitrogens with one attached hydrogen (secondary N) is 3. The zero-order chi connectivity index (χ0) is 16.9. The average molecular weight is 458 g/mol. The molecule has 2 aliphatic heterocycles. The van der Waals surface area contributed by atoms with Crippen molar-refractivity contribution in [2.24, 2.45) is 4.99 Å². The molecule has 3 N–H and O–H groups in total. The van der Waals surface area contributed by atoms with Gasteiger partial charge in [0.05, 0.1) is 18.2 Å². The van der Waals surface area contributed by atoms with Crippen molar-refractivity contribution in [1.29, 1.82) is 0 Å². The molecule has 7 heteroatoms. The number of aliphatic imine (C=N–C) groups is 1. The molecule has 6 nitrogen and oxygen atoms in total. The highest BCUT2D eigenvalue weighted by molar-refractivity contribution is 14.0. The van der Waals surface area contributed by atoms with E-state index in [4.69, 9.17) is 4.74 Å². The van der Waals surface area contributed by atoms with Gasteiger partial charge in [-0.15, -0.1) is 24.0 Å². The van der Waals surface area contributed by atoms with Crippen LogP contribution in [-0.4, -0.2) is 43.7 Å². The smallest absolute Gasteiger partial charge is 0.251 e. The summed E-state index contributed by atoms with van der Waals surface area (Å²) in [7, 11) is 1.77. The summed E-state index contributed by atoms with van der Waals surface area (Å²) in [6, 6.07) is 7.99. The third-order valence-corrected chi connectivity index (χ3v) is 4.64. The van der Waals surface area contributed by atoms with Crippen molar-refractivity contribution >= 4 is 35.8 Å². The summed E-state index contributed by atoms with van der Waals surface area (Å²) in [4.78, 5) is 16.2. The first-order valence-electron chi connectivity index (χ1n) is 8.69. The molecule has 138 valence electrons. The second-order valence-electron chi connectivity index (χ2n) is 6.35. The van der Waals surface area contributed by atoms with Crippen molar-refractivity contribution in [2.45, 2.75) is 51.0 Å². The number of hydrogen-bond donors (Lipinski definition) is 3. The first-order chi connectivity index (χ1) is 11.7. The maximum Gasteiger partial charge on any atom is 0.251 e. The SMILES string of the molecule is CCNC(=O)c1cccc(CNC(=NC)NC2CC3CCC2O3)c1.I. The Morgan fingerprint density at radius 1 is 1.32 bits per heavy atom. The zero-order valence-electron chi connectivity index (χ0n) is 14.7. The van der Waals surface area contributed by atoms with E-state index in [9.17, 15) is 4.79 Å². The summed E-state index contributed by atoms with van der Waals surface area (Å²) in [6.07, 6.45) is 4.10. The molecule has 0 radical (unpaired) electrons. The molecule has 25 heavy (non-hydrogen) atoms. The minimum atomic E-state index is -0.0408. The maximum atomic E-state index is 11.9. The van der Waals surface area contributed by atoms with Gasteiger partial charge in [-0.3, -0.25) is 9.79 Å². The number of nitrogens with zero attached hydrogens (tertiary/aromatic N) is 1. The van der Waals surface area contributed by atoms with Gasteiger partial charge in [0.1, 0.15) is 0 Å². The second-order valence-corrected chi connectivity index (χ2v) is 6.35. The molecule has 2 aliphatic rings. The molecule has 0 aliphatic carbocycles. The summed E-state index contributed by atoms with van der Waals surface area (Å²) in [5.74, 6) is 0.737. The Labute approximate surface area is 166 Å². The number of carbonyl (C=O) groups is 1. The van der Waals surface area contributed by atoms with Crippen molar-refractivity contribution in [3.05, 3.63) is 35.4 Å². The Morgan fingerprint density at radius 3 is 2.80 bits per heavy atom. The highest BCUT2D eigenvalue weighted by Crippen LogP contribution is 2.34. The van der Waals surface area contributed by atoms with Crippen LogP contribution in [0.3, 0.4) is 0 Å². The molecule has 0 aromatic heterocycles. The van der Waals surface area contributed by atoms with Crippen LogP contribution >= 0.6 is 24.0 Å². The van der Waals surface area contributed by atoms with Crippen LogP contribution in [0.25, 0.3) is 0 Å². The Bertz CT molecular complexity index is 623. The van der Waals surface area contributed by atoms with Gasteiger partial charge in [-0.05, 0) is 43.9 Å². The van der Waals surface area contributed by atoms with Gasteiger partial charge in [0.2, 0.25) is 0 Å². The number of amides is 1. The molecule has 2 saturated heterocycles. The molecule has 2 fully saturated rings. The molecule has 3 rings (SSSR count). The van der Waals surface area contributed by atoms with Crippen LogP contribution in [0.15, 0.2) is 29.3 Å². The lowest BCUT2D eigenvalue weighted by Gasteiger charge is -2.22. The third kappa shape index (κ3) is 5.07. The van der Waals surface area contributed by atoms with Gasteiger partial charge >= 0.3 is 0 Å². The van der Waals surface area contributed by atoms with E-state index in [1.807, 2.05) is 31.2 Å². The summed E-state index contributed by atoms with van der Waals surface area (Å²) < 4.78 is 5.87. The van der Waals surface area contributed by atoms with Crippen molar-refractivity contribution < 1.29 is 9.53 Å². The Kier molecular flexibility index (Phi) is 7.49. The van der Waals surface area contributed by atoms with Crippen LogP contribution in [0.1, 0.15) is 42.1 Å². The number of rotatable bonds is 5. The lowest BCUT2D eigenvalue weighted by atomic mass is 9.96. The molecule has 1 aromatic carbocycles. The first-order valence-corrected chi connectivity index (χ1v) is 8.69. The lowest BCUT2D eigenvalue weighted by molar-refractivity contribution is 0.0955. The van der Waals surface area contributed by atoms with Crippen LogP contribution in [-0.2, 0) is 11.3 Å². The number of carbonyl (C=O) groups excluding carboxylic acids is 1. The van der Waals surface area contributed by atoms with Gasteiger partial charge in [-0.25, -0.2) is 0 Å². The minimum absolute atomic E-state index is 0. The van der Waals surface area contributed by atoms with E-state index in [0.29, 0.717) is 36.9 Å². The molecule has 2 bridgehead atoms. The average Bonchev–Trinajstić information content (AvgIpc) is 3.22. The number of benzene rings is 1. The fourth-order valence-corrected chi connectivity index (χ4v) is 3.43. The van der Waals surface area contributed by atoms with Crippen molar-refractivity contribution in [1.82, 2.24) is 16.0 Å². The monoisotopic (exact) mass is 458 g/mol. The highest BCUT2D eigenvalue weighted by Gasteiger charge is 2.41. The van der Waals surface area contributed by atoms with E-state index in [1.165, 1.54) is 6.42 Å². The minimum Gasteiger partial charge on any atom is -0.373 e. The predicted octanol–water partition coefficient (Wildman–Crippen LogP) is 2.04. The number of fused-ring (bicyclic) bond motifs is 2. The van der Waals surface area contributed by atoms with Crippen LogP contribution in [0.5, 0.6) is 0 Å². The first kappa shape index (κ1) is 20.0. The van der Waals surface area contributed by atoms with Gasteiger partial charge in [0.15, 0.2) is 5.96 Å². The number of halogens is 1. The fraction of sp³-hybridized carbons (Fsp3) is 0.556. The Balaban J connectivity index is 0.00000225. The third-order valence-electron chi connectivity index (χ3n) is 4.64. The van der Waals surface area contributed by atoms with Crippen LogP contribution in [0, 0.1) is 0 Å². The van der Waals surface area contributed by atoms with Gasteiger partial charge in [0, 0.05) is 25.7 Å². The van der Waals surface area contributed by atoms with Crippen LogP contribution in [0.2, 0.25) is 0 Å². The van der Waals surface area contributed by atoms with E-state index in [1.54, 1.807) is 7.05 Å². The summed E-state index contributed by atoms with van der Waals surface area (Å²) in [5.41, 5.74) is 1.73. The summed E-state index contributed by atoms with van der Waals surface area (Å²) in [5, 5.41) is 9.60. The van der Waals surface area contributed by atoms with Crippen LogP contribution in [0.4, 0.5) is 0 Å². The highest BCUT2D eigenvalue weighted by atomic mass is 127.